The molecule has 4 fully saturated rings. The van der Waals surface area contributed by atoms with Crippen molar-refractivity contribution in [3.05, 3.63) is 52.8 Å². The summed E-state index contributed by atoms with van der Waals surface area (Å²) in [4.78, 5) is 15.3. The van der Waals surface area contributed by atoms with Gasteiger partial charge >= 0.3 is 6.01 Å². The second-order valence-corrected chi connectivity index (χ2v) is 13.0. The average Bonchev–Trinajstić information content (AvgIpc) is 3.68. The van der Waals surface area contributed by atoms with Gasteiger partial charge in [0.05, 0.1) is 23.5 Å². The molecule has 4 saturated heterocycles. The Morgan fingerprint density at radius 1 is 1.07 bits per heavy atom. The van der Waals surface area contributed by atoms with E-state index in [9.17, 15) is 5.11 Å². The van der Waals surface area contributed by atoms with Gasteiger partial charge in [-0.05, 0) is 94.0 Å². The van der Waals surface area contributed by atoms with Gasteiger partial charge in [-0.2, -0.15) is 9.97 Å². The molecule has 3 aromatic rings. The van der Waals surface area contributed by atoms with E-state index in [1.807, 2.05) is 24.3 Å². The lowest BCUT2D eigenvalue weighted by Crippen LogP contribution is -2.43. The Morgan fingerprint density at radius 2 is 1.88 bits per heavy atom. The lowest BCUT2D eigenvalue weighted by Gasteiger charge is -2.35. The van der Waals surface area contributed by atoms with Crippen LogP contribution in [0.4, 0.5) is 5.69 Å². The van der Waals surface area contributed by atoms with Gasteiger partial charge in [-0.1, -0.05) is 18.1 Å². The van der Waals surface area contributed by atoms with Crippen LogP contribution in [0, 0.1) is 12.3 Å². The first kappa shape index (κ1) is 25.4. The molecule has 0 saturated carbocycles. The molecular weight excluding hydrogens is 510 g/mol. The van der Waals surface area contributed by atoms with Crippen LogP contribution in [-0.4, -0.2) is 63.8 Å². The van der Waals surface area contributed by atoms with E-state index in [4.69, 9.17) is 21.1 Å². The molecule has 3 atom stereocenters. The van der Waals surface area contributed by atoms with E-state index in [0.717, 1.165) is 53.5 Å². The zero-order chi connectivity index (χ0) is 27.6. The third-order valence-electron chi connectivity index (χ3n) is 10.7. The van der Waals surface area contributed by atoms with Gasteiger partial charge in [0.2, 0.25) is 0 Å². The summed E-state index contributed by atoms with van der Waals surface area (Å²) in [6.45, 7) is 4.52. The molecule has 6 heterocycles. The molecule has 0 radical (unpaired) electrons. The highest BCUT2D eigenvalue weighted by Gasteiger charge is 2.45. The fraction of sp³-hybridized carbons (Fsp3) is 0.529. The quantitative estimate of drug-likeness (QED) is 0.439. The molecule has 212 valence electrons. The number of hydrogen-bond donors (Lipinski definition) is 2. The van der Waals surface area contributed by atoms with Crippen LogP contribution in [0.1, 0.15) is 79.8 Å². The second kappa shape index (κ2) is 9.89. The van der Waals surface area contributed by atoms with Crippen molar-refractivity contribution in [1.82, 2.24) is 20.2 Å². The number of piperidine rings is 1. The number of terminal acetylenes is 1. The van der Waals surface area contributed by atoms with Crippen LogP contribution in [0.3, 0.4) is 0 Å². The van der Waals surface area contributed by atoms with Crippen molar-refractivity contribution in [1.29, 1.82) is 0 Å². The molecule has 5 aliphatic heterocycles. The zero-order valence-electron chi connectivity index (χ0n) is 23.7. The highest BCUT2D eigenvalue weighted by atomic mass is 16.5. The molecule has 7 nitrogen and oxygen atoms in total. The number of phenols is 1. The fourth-order valence-electron chi connectivity index (χ4n) is 8.74. The molecule has 2 N–H and O–H groups in total. The number of hydrogen-bond acceptors (Lipinski definition) is 7. The van der Waals surface area contributed by atoms with Gasteiger partial charge in [-0.15, -0.1) is 6.42 Å². The first-order valence-corrected chi connectivity index (χ1v) is 15.6. The molecule has 7 heteroatoms. The van der Waals surface area contributed by atoms with Gasteiger partial charge in [0, 0.05) is 47.2 Å². The monoisotopic (exact) mass is 549 g/mol. The second-order valence-electron chi connectivity index (χ2n) is 13.0. The lowest BCUT2D eigenvalue weighted by molar-refractivity contribution is 0.107. The fourth-order valence-corrected chi connectivity index (χ4v) is 8.74. The summed E-state index contributed by atoms with van der Waals surface area (Å²) >= 11 is 0. The Bertz CT molecular complexity index is 1520. The first-order chi connectivity index (χ1) is 20.1. The molecule has 0 amide bonds. The predicted molar refractivity (Wildman–Crippen MR) is 161 cm³/mol. The van der Waals surface area contributed by atoms with E-state index < -0.39 is 0 Å². The molecule has 0 aliphatic carbocycles. The normalized spacial score (nSPS) is 26.6. The lowest BCUT2D eigenvalue weighted by atomic mass is 9.85. The van der Waals surface area contributed by atoms with Gasteiger partial charge in [-0.3, -0.25) is 4.90 Å². The third-order valence-corrected chi connectivity index (χ3v) is 10.7. The minimum atomic E-state index is 0.158. The number of rotatable bonds is 5. The SMILES string of the molecule is C#Cc1cccc2cc(O)cc(N3CCc4c(nc(OCC56CCCN5CCC6)nc4C4C[C@H]5CC[C@@H](C4)N5)C3)c12. The van der Waals surface area contributed by atoms with Crippen molar-refractivity contribution >= 4 is 16.5 Å². The van der Waals surface area contributed by atoms with Crippen LogP contribution in [0.25, 0.3) is 10.8 Å². The van der Waals surface area contributed by atoms with Crippen LogP contribution in [0.5, 0.6) is 11.8 Å². The Balaban J connectivity index is 1.16. The molecule has 5 aliphatic rings. The number of ether oxygens (including phenoxy) is 1. The largest absolute Gasteiger partial charge is 0.508 e. The molecule has 8 rings (SSSR count). The number of phenolic OH excluding ortho intramolecular Hbond substituents is 1. The zero-order valence-corrected chi connectivity index (χ0v) is 23.7. The number of anilines is 1. The molecule has 2 bridgehead atoms. The van der Waals surface area contributed by atoms with E-state index in [1.165, 1.54) is 62.9 Å². The van der Waals surface area contributed by atoms with Crippen molar-refractivity contribution in [2.45, 2.75) is 87.9 Å². The van der Waals surface area contributed by atoms with Crippen LogP contribution in [0.15, 0.2) is 30.3 Å². The third kappa shape index (κ3) is 4.35. The number of benzene rings is 2. The minimum Gasteiger partial charge on any atom is -0.508 e. The maximum absolute atomic E-state index is 10.6. The van der Waals surface area contributed by atoms with Crippen LogP contribution >= 0.6 is 0 Å². The molecule has 0 spiro atoms. The Morgan fingerprint density at radius 3 is 2.66 bits per heavy atom. The maximum Gasteiger partial charge on any atom is 0.316 e. The van der Waals surface area contributed by atoms with E-state index in [1.54, 1.807) is 6.07 Å². The number of aromatic nitrogens is 2. The summed E-state index contributed by atoms with van der Waals surface area (Å²) in [5, 5.41) is 16.4. The van der Waals surface area contributed by atoms with E-state index in [0.29, 0.717) is 37.2 Å². The van der Waals surface area contributed by atoms with Crippen LogP contribution in [-0.2, 0) is 13.0 Å². The van der Waals surface area contributed by atoms with E-state index >= 15 is 0 Å². The predicted octanol–water partition coefficient (Wildman–Crippen LogP) is 4.88. The summed E-state index contributed by atoms with van der Waals surface area (Å²) in [6.07, 6.45) is 16.5. The van der Waals surface area contributed by atoms with Gasteiger partial charge in [0.15, 0.2) is 0 Å². The Kier molecular flexibility index (Phi) is 6.12. The number of fused-ring (bicyclic) bond motifs is 5. The standard InChI is InChI=1S/C34H39N5O2/c1-2-22-6-3-7-23-18-27(40)19-30(31(22)23)38-15-10-28-29(20-38)36-33(41-21-34-11-4-13-39(34)14-5-12-34)37-32(28)24-16-25-8-9-26(17-24)35-25/h1,3,6-7,18-19,24-26,35,40H,4-5,8-17,20-21H2/t24?,25-,26+. The summed E-state index contributed by atoms with van der Waals surface area (Å²) < 4.78 is 6.56. The van der Waals surface area contributed by atoms with Crippen molar-refractivity contribution in [2.75, 3.05) is 31.1 Å². The summed E-state index contributed by atoms with van der Waals surface area (Å²) in [5.74, 6) is 3.56. The van der Waals surface area contributed by atoms with Crippen LogP contribution < -0.4 is 15.0 Å². The van der Waals surface area contributed by atoms with Gasteiger partial charge < -0.3 is 20.1 Å². The van der Waals surface area contributed by atoms with Crippen molar-refractivity contribution in [2.24, 2.45) is 0 Å². The van der Waals surface area contributed by atoms with Crippen LogP contribution in [0.2, 0.25) is 0 Å². The van der Waals surface area contributed by atoms with Gasteiger partial charge in [0.1, 0.15) is 12.4 Å². The Hall–Kier alpha value is -3.34. The number of nitrogens with zero attached hydrogens (tertiary/aromatic N) is 4. The van der Waals surface area contributed by atoms with E-state index in [2.05, 4.69) is 21.0 Å². The number of nitrogens with one attached hydrogen (secondary N) is 1. The molecular formula is C34H39N5O2. The molecule has 41 heavy (non-hydrogen) atoms. The van der Waals surface area contributed by atoms with Gasteiger partial charge in [-0.25, -0.2) is 0 Å². The molecule has 1 aromatic heterocycles. The molecule has 2 aromatic carbocycles. The highest BCUT2D eigenvalue weighted by Crippen LogP contribution is 2.42. The van der Waals surface area contributed by atoms with E-state index in [-0.39, 0.29) is 11.3 Å². The Labute approximate surface area is 242 Å². The first-order valence-electron chi connectivity index (χ1n) is 15.6. The molecule has 1 unspecified atom stereocenters. The smallest absolute Gasteiger partial charge is 0.316 e. The topological polar surface area (TPSA) is 73.8 Å². The summed E-state index contributed by atoms with van der Waals surface area (Å²) in [6, 6.07) is 11.3. The summed E-state index contributed by atoms with van der Waals surface area (Å²) in [5.41, 5.74) is 5.56. The van der Waals surface area contributed by atoms with Gasteiger partial charge in [0.25, 0.3) is 0 Å². The van der Waals surface area contributed by atoms with Crippen molar-refractivity contribution < 1.29 is 9.84 Å². The van der Waals surface area contributed by atoms with Crippen molar-refractivity contribution in [3.8, 4) is 24.1 Å². The summed E-state index contributed by atoms with van der Waals surface area (Å²) in [7, 11) is 0. The minimum absolute atomic E-state index is 0.158. The number of aromatic hydroxyl groups is 1. The maximum atomic E-state index is 10.6. The average molecular weight is 550 g/mol. The van der Waals surface area contributed by atoms with Crippen molar-refractivity contribution in [3.63, 3.8) is 0 Å². The highest BCUT2D eigenvalue weighted by molar-refractivity contribution is 6.00.